The number of benzene rings is 1. The molecule has 1 amide bonds. The number of hydrogen-bond donors (Lipinski definition) is 2. The van der Waals surface area contributed by atoms with E-state index in [0.29, 0.717) is 22.2 Å². The van der Waals surface area contributed by atoms with Gasteiger partial charge in [-0.05, 0) is 24.7 Å². The third-order valence-corrected chi connectivity index (χ3v) is 2.40. The molecule has 1 rings (SSSR count). The lowest BCUT2D eigenvalue weighted by Crippen LogP contribution is -2.31. The van der Waals surface area contributed by atoms with Crippen LogP contribution in [0.5, 0.6) is 0 Å². The van der Waals surface area contributed by atoms with Gasteiger partial charge in [0.1, 0.15) is 0 Å². The average molecular weight is 261 g/mol. The van der Waals surface area contributed by atoms with E-state index in [4.69, 9.17) is 23.2 Å². The summed E-state index contributed by atoms with van der Waals surface area (Å²) in [7, 11) is 0. The summed E-state index contributed by atoms with van der Waals surface area (Å²) in [6.07, 6.45) is 0. The van der Waals surface area contributed by atoms with Crippen molar-refractivity contribution in [3.05, 3.63) is 33.8 Å². The normalized spacial score (nSPS) is 10.2. The third-order valence-electron chi connectivity index (χ3n) is 1.96. The molecule has 0 heterocycles. The van der Waals surface area contributed by atoms with Crippen LogP contribution in [0, 0.1) is 0 Å². The van der Waals surface area contributed by atoms with Crippen LogP contribution in [0.1, 0.15) is 17.3 Å². The number of hydrogen-bond acceptors (Lipinski definition) is 2. The van der Waals surface area contributed by atoms with Gasteiger partial charge in [0.05, 0.1) is 0 Å². The molecular formula is C11H14Cl2N2O. The van der Waals surface area contributed by atoms with Gasteiger partial charge < -0.3 is 10.6 Å². The number of carbonyl (C=O) groups is 1. The average Bonchev–Trinajstić information content (AvgIpc) is 2.22. The van der Waals surface area contributed by atoms with E-state index in [1.54, 1.807) is 18.2 Å². The topological polar surface area (TPSA) is 41.1 Å². The standard InChI is InChI=1S/C11H14Cl2N2O/c1-2-14-3-4-15-11(16)8-5-9(12)7-10(13)6-8/h5-7,14H,2-4H2,1H3,(H,15,16). The fraction of sp³-hybridized carbons (Fsp3) is 0.364. The molecule has 0 unspecified atom stereocenters. The number of halogens is 2. The molecule has 0 bridgehead atoms. The molecule has 16 heavy (non-hydrogen) atoms. The van der Waals surface area contributed by atoms with Gasteiger partial charge in [-0.15, -0.1) is 0 Å². The first-order valence-electron chi connectivity index (χ1n) is 5.08. The van der Waals surface area contributed by atoms with E-state index in [9.17, 15) is 4.79 Å². The number of likely N-dealkylation sites (N-methyl/N-ethyl adjacent to an activating group) is 1. The fourth-order valence-electron chi connectivity index (χ4n) is 1.23. The Balaban J connectivity index is 2.52. The second-order valence-electron chi connectivity index (χ2n) is 3.27. The van der Waals surface area contributed by atoms with E-state index in [2.05, 4.69) is 10.6 Å². The first kappa shape index (κ1) is 13.3. The summed E-state index contributed by atoms with van der Waals surface area (Å²) in [6.45, 7) is 4.23. The molecule has 0 aliphatic heterocycles. The molecule has 0 fully saturated rings. The summed E-state index contributed by atoms with van der Waals surface area (Å²) in [5, 5.41) is 6.81. The molecule has 0 aromatic heterocycles. The van der Waals surface area contributed by atoms with Crippen LogP contribution in [0.15, 0.2) is 18.2 Å². The molecule has 0 saturated carbocycles. The van der Waals surface area contributed by atoms with E-state index in [0.717, 1.165) is 13.1 Å². The highest BCUT2D eigenvalue weighted by Crippen LogP contribution is 2.18. The van der Waals surface area contributed by atoms with Crippen LogP contribution in [0.3, 0.4) is 0 Å². The maximum absolute atomic E-state index is 11.7. The largest absolute Gasteiger partial charge is 0.351 e. The Morgan fingerprint density at radius 3 is 2.38 bits per heavy atom. The van der Waals surface area contributed by atoms with Crippen LogP contribution < -0.4 is 10.6 Å². The molecule has 1 aromatic rings. The Labute approximate surface area is 105 Å². The molecule has 0 atom stereocenters. The van der Waals surface area contributed by atoms with Crippen molar-refractivity contribution in [2.24, 2.45) is 0 Å². The Morgan fingerprint density at radius 1 is 1.19 bits per heavy atom. The summed E-state index contributed by atoms with van der Waals surface area (Å²) < 4.78 is 0. The Morgan fingerprint density at radius 2 is 1.81 bits per heavy atom. The highest BCUT2D eigenvalue weighted by Gasteiger charge is 2.06. The van der Waals surface area contributed by atoms with E-state index in [1.807, 2.05) is 6.92 Å². The Kier molecular flexibility index (Phi) is 5.60. The van der Waals surface area contributed by atoms with Gasteiger partial charge in [0.15, 0.2) is 0 Å². The zero-order valence-electron chi connectivity index (χ0n) is 9.02. The Bertz CT molecular complexity index is 349. The fourth-order valence-corrected chi connectivity index (χ4v) is 1.75. The molecule has 0 spiro atoms. The summed E-state index contributed by atoms with van der Waals surface area (Å²) in [5.74, 6) is -0.165. The smallest absolute Gasteiger partial charge is 0.251 e. The molecule has 1 aromatic carbocycles. The van der Waals surface area contributed by atoms with Crippen molar-refractivity contribution in [1.82, 2.24) is 10.6 Å². The van der Waals surface area contributed by atoms with Gasteiger partial charge in [0.25, 0.3) is 5.91 Å². The van der Waals surface area contributed by atoms with E-state index >= 15 is 0 Å². The summed E-state index contributed by atoms with van der Waals surface area (Å²) >= 11 is 11.6. The maximum Gasteiger partial charge on any atom is 0.251 e. The lowest BCUT2D eigenvalue weighted by atomic mass is 10.2. The van der Waals surface area contributed by atoms with Gasteiger partial charge in [0, 0.05) is 28.7 Å². The zero-order chi connectivity index (χ0) is 12.0. The highest BCUT2D eigenvalue weighted by atomic mass is 35.5. The van der Waals surface area contributed by atoms with Crippen molar-refractivity contribution in [2.45, 2.75) is 6.92 Å². The second-order valence-corrected chi connectivity index (χ2v) is 4.14. The van der Waals surface area contributed by atoms with Crippen LogP contribution in [0.2, 0.25) is 10.0 Å². The molecule has 0 aliphatic rings. The van der Waals surface area contributed by atoms with Crippen molar-refractivity contribution in [1.29, 1.82) is 0 Å². The Hall–Kier alpha value is -0.770. The number of carbonyl (C=O) groups excluding carboxylic acids is 1. The molecular weight excluding hydrogens is 247 g/mol. The molecule has 0 radical (unpaired) electrons. The molecule has 5 heteroatoms. The first-order valence-corrected chi connectivity index (χ1v) is 5.84. The minimum Gasteiger partial charge on any atom is -0.351 e. The number of amides is 1. The van der Waals surface area contributed by atoms with Gasteiger partial charge in [-0.2, -0.15) is 0 Å². The predicted octanol–water partition coefficient (Wildman–Crippen LogP) is 2.33. The van der Waals surface area contributed by atoms with Crippen LogP contribution in [-0.4, -0.2) is 25.5 Å². The van der Waals surface area contributed by atoms with Crippen molar-refractivity contribution in [3.8, 4) is 0 Å². The molecule has 88 valence electrons. The summed E-state index contributed by atoms with van der Waals surface area (Å²) in [4.78, 5) is 11.7. The van der Waals surface area contributed by atoms with E-state index < -0.39 is 0 Å². The van der Waals surface area contributed by atoms with Gasteiger partial charge in [-0.3, -0.25) is 4.79 Å². The van der Waals surface area contributed by atoms with Crippen molar-refractivity contribution in [2.75, 3.05) is 19.6 Å². The van der Waals surface area contributed by atoms with E-state index in [1.165, 1.54) is 0 Å². The predicted molar refractivity (Wildman–Crippen MR) is 67.3 cm³/mol. The van der Waals surface area contributed by atoms with Gasteiger partial charge >= 0.3 is 0 Å². The summed E-state index contributed by atoms with van der Waals surface area (Å²) in [5.41, 5.74) is 0.481. The molecule has 0 aliphatic carbocycles. The lowest BCUT2D eigenvalue weighted by molar-refractivity contribution is 0.0954. The van der Waals surface area contributed by atoms with Gasteiger partial charge in [-0.1, -0.05) is 30.1 Å². The quantitative estimate of drug-likeness (QED) is 0.799. The zero-order valence-corrected chi connectivity index (χ0v) is 10.5. The van der Waals surface area contributed by atoms with Crippen molar-refractivity contribution in [3.63, 3.8) is 0 Å². The molecule has 2 N–H and O–H groups in total. The second kappa shape index (κ2) is 6.74. The van der Waals surface area contributed by atoms with Crippen LogP contribution >= 0.6 is 23.2 Å². The maximum atomic E-state index is 11.7. The minimum absolute atomic E-state index is 0.165. The molecule has 0 saturated heterocycles. The van der Waals surface area contributed by atoms with Crippen LogP contribution in [-0.2, 0) is 0 Å². The van der Waals surface area contributed by atoms with Crippen LogP contribution in [0.25, 0.3) is 0 Å². The third kappa shape index (κ3) is 4.39. The lowest BCUT2D eigenvalue weighted by Gasteiger charge is -2.06. The molecule has 3 nitrogen and oxygen atoms in total. The number of rotatable bonds is 5. The minimum atomic E-state index is -0.165. The van der Waals surface area contributed by atoms with Gasteiger partial charge in [-0.25, -0.2) is 0 Å². The van der Waals surface area contributed by atoms with E-state index in [-0.39, 0.29) is 5.91 Å². The van der Waals surface area contributed by atoms with Crippen molar-refractivity contribution < 1.29 is 4.79 Å². The summed E-state index contributed by atoms with van der Waals surface area (Å²) in [6, 6.07) is 4.78. The van der Waals surface area contributed by atoms with Gasteiger partial charge in [0.2, 0.25) is 0 Å². The number of nitrogens with one attached hydrogen (secondary N) is 2. The van der Waals surface area contributed by atoms with Crippen LogP contribution in [0.4, 0.5) is 0 Å². The first-order chi connectivity index (χ1) is 7.63. The van der Waals surface area contributed by atoms with Crippen molar-refractivity contribution >= 4 is 29.1 Å². The monoisotopic (exact) mass is 260 g/mol. The SMILES string of the molecule is CCNCCNC(=O)c1cc(Cl)cc(Cl)c1. The highest BCUT2D eigenvalue weighted by molar-refractivity contribution is 6.35.